The number of nitrogens with one attached hydrogen (secondary N) is 1. The second kappa shape index (κ2) is 7.35. The molecule has 0 bridgehead atoms. The highest BCUT2D eigenvalue weighted by molar-refractivity contribution is 5.74. The molecule has 7 nitrogen and oxygen atoms in total. The maximum atomic E-state index is 12.5. The molecule has 1 fully saturated rings. The van der Waals surface area contributed by atoms with Gasteiger partial charge in [-0.05, 0) is 39.3 Å². The lowest BCUT2D eigenvalue weighted by atomic mass is 10.1. The van der Waals surface area contributed by atoms with Crippen LogP contribution in [0.2, 0.25) is 0 Å². The number of anilines is 1. The number of carbonyl (C=O) groups excluding carboxylic acids is 1. The van der Waals surface area contributed by atoms with Gasteiger partial charge in [-0.15, -0.1) is 0 Å². The second-order valence-corrected chi connectivity index (χ2v) is 7.68. The van der Waals surface area contributed by atoms with Gasteiger partial charge in [0.25, 0.3) is 0 Å². The third kappa shape index (κ3) is 3.98. The lowest BCUT2D eigenvalue weighted by Crippen LogP contribution is -2.52. The SMILES string of the molecule is Cc1ccccc1N1CCN(C(=O)NCc2ncnn2C(C)(C)C)CC1. The Morgan fingerprint density at radius 2 is 1.85 bits per heavy atom. The highest BCUT2D eigenvalue weighted by Crippen LogP contribution is 2.20. The average Bonchev–Trinajstić information content (AvgIpc) is 3.09. The minimum atomic E-state index is -0.157. The molecule has 1 aliphatic heterocycles. The van der Waals surface area contributed by atoms with Crippen molar-refractivity contribution < 1.29 is 4.79 Å². The van der Waals surface area contributed by atoms with E-state index in [0.29, 0.717) is 19.6 Å². The second-order valence-electron chi connectivity index (χ2n) is 7.68. The number of hydrogen-bond donors (Lipinski definition) is 1. The van der Waals surface area contributed by atoms with Crippen molar-refractivity contribution in [3.63, 3.8) is 0 Å². The predicted octanol–water partition coefficient (Wildman–Crippen LogP) is 2.37. The van der Waals surface area contributed by atoms with Crippen molar-refractivity contribution in [2.24, 2.45) is 0 Å². The molecular formula is C19H28N6O. The van der Waals surface area contributed by atoms with Crippen LogP contribution in [0.1, 0.15) is 32.2 Å². The van der Waals surface area contributed by atoms with E-state index < -0.39 is 0 Å². The van der Waals surface area contributed by atoms with Gasteiger partial charge in [-0.1, -0.05) is 18.2 Å². The normalized spacial score (nSPS) is 15.2. The van der Waals surface area contributed by atoms with Crippen LogP contribution >= 0.6 is 0 Å². The zero-order chi connectivity index (χ0) is 18.7. The summed E-state index contributed by atoms with van der Waals surface area (Å²) in [6.07, 6.45) is 1.54. The molecule has 0 spiro atoms. The quantitative estimate of drug-likeness (QED) is 0.917. The first kappa shape index (κ1) is 18.2. The van der Waals surface area contributed by atoms with E-state index in [4.69, 9.17) is 0 Å². The number of nitrogens with zero attached hydrogens (tertiary/aromatic N) is 5. The molecule has 3 rings (SSSR count). The van der Waals surface area contributed by atoms with Crippen LogP contribution in [0.3, 0.4) is 0 Å². The number of hydrogen-bond acceptors (Lipinski definition) is 4. The van der Waals surface area contributed by atoms with Crippen molar-refractivity contribution in [1.82, 2.24) is 25.0 Å². The van der Waals surface area contributed by atoms with Gasteiger partial charge in [0.15, 0.2) is 0 Å². The maximum absolute atomic E-state index is 12.5. The molecule has 0 aliphatic carbocycles. The standard InChI is InChI=1S/C19H28N6O/c1-15-7-5-6-8-16(15)23-9-11-24(12-10-23)18(26)20-13-17-21-14-22-25(17)19(2,3)4/h5-8,14H,9-13H2,1-4H3,(H,20,26). The van der Waals surface area contributed by atoms with Crippen LogP contribution < -0.4 is 10.2 Å². The van der Waals surface area contributed by atoms with E-state index in [-0.39, 0.29) is 11.6 Å². The van der Waals surface area contributed by atoms with Crippen LogP contribution in [-0.2, 0) is 12.1 Å². The van der Waals surface area contributed by atoms with Gasteiger partial charge in [0, 0.05) is 31.9 Å². The van der Waals surface area contributed by atoms with Gasteiger partial charge in [-0.25, -0.2) is 14.5 Å². The number of rotatable bonds is 3. The first-order valence-corrected chi connectivity index (χ1v) is 9.09. The summed E-state index contributed by atoms with van der Waals surface area (Å²) in [5.41, 5.74) is 2.37. The third-order valence-electron chi connectivity index (χ3n) is 4.67. The zero-order valence-corrected chi connectivity index (χ0v) is 16.1. The fraction of sp³-hybridized carbons (Fsp3) is 0.526. The van der Waals surface area contributed by atoms with Crippen LogP contribution in [0, 0.1) is 6.92 Å². The highest BCUT2D eigenvalue weighted by Gasteiger charge is 2.23. The minimum absolute atomic E-state index is 0.0436. The van der Waals surface area contributed by atoms with E-state index in [0.717, 1.165) is 18.9 Å². The first-order chi connectivity index (χ1) is 12.4. The Bertz CT molecular complexity index is 755. The molecule has 1 aromatic carbocycles. The third-order valence-corrected chi connectivity index (χ3v) is 4.67. The summed E-state index contributed by atoms with van der Waals surface area (Å²) in [6, 6.07) is 8.34. The van der Waals surface area contributed by atoms with Crippen molar-refractivity contribution in [2.45, 2.75) is 39.8 Å². The van der Waals surface area contributed by atoms with Gasteiger partial charge in [0.05, 0.1) is 12.1 Å². The van der Waals surface area contributed by atoms with Crippen molar-refractivity contribution in [1.29, 1.82) is 0 Å². The van der Waals surface area contributed by atoms with E-state index in [9.17, 15) is 4.79 Å². The van der Waals surface area contributed by atoms with E-state index in [1.54, 1.807) is 0 Å². The van der Waals surface area contributed by atoms with Gasteiger partial charge < -0.3 is 15.1 Å². The number of urea groups is 1. The summed E-state index contributed by atoms with van der Waals surface area (Å²) in [6.45, 7) is 11.8. The number of piperazine rings is 1. The van der Waals surface area contributed by atoms with Crippen LogP contribution in [0.5, 0.6) is 0 Å². The number of amides is 2. The molecule has 1 aliphatic rings. The van der Waals surface area contributed by atoms with Crippen LogP contribution in [-0.4, -0.2) is 51.9 Å². The van der Waals surface area contributed by atoms with E-state index in [1.165, 1.54) is 17.6 Å². The molecule has 1 aromatic heterocycles. The van der Waals surface area contributed by atoms with Gasteiger partial charge in [0.2, 0.25) is 0 Å². The lowest BCUT2D eigenvalue weighted by molar-refractivity contribution is 0.193. The molecule has 26 heavy (non-hydrogen) atoms. The summed E-state index contributed by atoms with van der Waals surface area (Å²) in [5.74, 6) is 0.768. The highest BCUT2D eigenvalue weighted by atomic mass is 16.2. The fourth-order valence-electron chi connectivity index (χ4n) is 3.28. The van der Waals surface area contributed by atoms with Crippen molar-refractivity contribution in [3.05, 3.63) is 42.0 Å². The molecule has 2 amide bonds. The smallest absolute Gasteiger partial charge is 0.317 e. The molecule has 0 atom stereocenters. The Hall–Kier alpha value is -2.57. The summed E-state index contributed by atoms with van der Waals surface area (Å²) < 4.78 is 1.85. The minimum Gasteiger partial charge on any atom is -0.368 e. The summed E-state index contributed by atoms with van der Waals surface area (Å²) in [5, 5.41) is 7.24. The Kier molecular flexibility index (Phi) is 5.15. The fourth-order valence-corrected chi connectivity index (χ4v) is 3.28. The molecule has 0 radical (unpaired) electrons. The van der Waals surface area contributed by atoms with E-state index in [2.05, 4.69) is 72.3 Å². The largest absolute Gasteiger partial charge is 0.368 e. The van der Waals surface area contributed by atoms with Crippen molar-refractivity contribution in [3.8, 4) is 0 Å². The summed E-state index contributed by atoms with van der Waals surface area (Å²) in [7, 11) is 0. The molecule has 2 aromatic rings. The lowest BCUT2D eigenvalue weighted by Gasteiger charge is -2.36. The molecule has 140 valence electrons. The number of carbonyl (C=O) groups is 1. The van der Waals surface area contributed by atoms with E-state index in [1.807, 2.05) is 9.58 Å². The number of benzene rings is 1. The summed E-state index contributed by atoms with van der Waals surface area (Å²) in [4.78, 5) is 21.0. The summed E-state index contributed by atoms with van der Waals surface area (Å²) >= 11 is 0. The number of aromatic nitrogens is 3. The molecule has 2 heterocycles. The molecule has 7 heteroatoms. The molecule has 0 unspecified atom stereocenters. The van der Waals surface area contributed by atoms with Crippen LogP contribution in [0.25, 0.3) is 0 Å². The van der Waals surface area contributed by atoms with Gasteiger partial charge in [-0.3, -0.25) is 0 Å². The predicted molar refractivity (Wildman–Crippen MR) is 102 cm³/mol. The molecule has 1 N–H and O–H groups in total. The molecule has 1 saturated heterocycles. The van der Waals surface area contributed by atoms with Crippen LogP contribution in [0.4, 0.5) is 10.5 Å². The zero-order valence-electron chi connectivity index (χ0n) is 16.1. The van der Waals surface area contributed by atoms with Crippen molar-refractivity contribution >= 4 is 11.7 Å². The van der Waals surface area contributed by atoms with Crippen LogP contribution in [0.15, 0.2) is 30.6 Å². The monoisotopic (exact) mass is 356 g/mol. The van der Waals surface area contributed by atoms with Crippen molar-refractivity contribution in [2.75, 3.05) is 31.1 Å². The first-order valence-electron chi connectivity index (χ1n) is 9.09. The van der Waals surface area contributed by atoms with E-state index >= 15 is 0 Å². The topological polar surface area (TPSA) is 66.3 Å². The Balaban J connectivity index is 1.53. The van der Waals surface area contributed by atoms with Gasteiger partial charge in [-0.2, -0.15) is 5.10 Å². The average molecular weight is 356 g/mol. The Morgan fingerprint density at radius 3 is 2.50 bits per heavy atom. The number of aryl methyl sites for hydroxylation is 1. The van der Waals surface area contributed by atoms with Gasteiger partial charge in [0.1, 0.15) is 12.2 Å². The molecular weight excluding hydrogens is 328 g/mol. The van der Waals surface area contributed by atoms with Gasteiger partial charge >= 0.3 is 6.03 Å². The molecule has 0 saturated carbocycles. The Morgan fingerprint density at radius 1 is 1.15 bits per heavy atom. The number of para-hydroxylation sites is 1. The Labute approximate surface area is 155 Å². The maximum Gasteiger partial charge on any atom is 0.317 e.